The van der Waals surface area contributed by atoms with Crippen LogP contribution in [0.15, 0.2) is 0 Å². The summed E-state index contributed by atoms with van der Waals surface area (Å²) in [5.41, 5.74) is 0. The molecule has 2 N–H and O–H groups in total. The van der Waals surface area contributed by atoms with Crippen molar-refractivity contribution < 1.29 is 19.7 Å². The van der Waals surface area contributed by atoms with E-state index in [9.17, 15) is 0 Å². The normalized spacial score (nSPS) is 13.9. The van der Waals surface area contributed by atoms with E-state index in [2.05, 4.69) is 9.47 Å². The van der Waals surface area contributed by atoms with Crippen LogP contribution in [0.25, 0.3) is 0 Å². The molecule has 8 heavy (non-hydrogen) atoms. The van der Waals surface area contributed by atoms with Crippen LogP contribution in [0.5, 0.6) is 0 Å². The third-order valence-electron chi connectivity index (χ3n) is 0.534. The van der Waals surface area contributed by atoms with Crippen molar-refractivity contribution in [3.63, 3.8) is 0 Å². The Hall–Kier alpha value is -0.160. The van der Waals surface area contributed by atoms with Crippen molar-refractivity contribution in [2.45, 2.75) is 6.29 Å². The van der Waals surface area contributed by atoms with Gasteiger partial charge in [0.2, 0.25) is 0 Å². The highest BCUT2D eigenvalue weighted by Gasteiger charge is 1.97. The first-order valence-electron chi connectivity index (χ1n) is 2.20. The highest BCUT2D eigenvalue weighted by atomic mass is 16.7. The average Bonchev–Trinajstić information content (AvgIpc) is 1.83. The van der Waals surface area contributed by atoms with Crippen molar-refractivity contribution in [2.24, 2.45) is 0 Å². The highest BCUT2D eigenvalue weighted by molar-refractivity contribution is 4.27. The SMILES string of the molecule is COCO[C@H](O)CO. The highest BCUT2D eigenvalue weighted by Crippen LogP contribution is 1.82. The molecule has 4 heteroatoms. The molecule has 0 heterocycles. The summed E-state index contributed by atoms with van der Waals surface area (Å²) in [5.74, 6) is 0. The van der Waals surface area contributed by atoms with Gasteiger partial charge in [0.1, 0.15) is 6.79 Å². The van der Waals surface area contributed by atoms with E-state index in [0.29, 0.717) is 0 Å². The molecule has 1 atom stereocenters. The average molecular weight is 122 g/mol. The van der Waals surface area contributed by atoms with Crippen molar-refractivity contribution in [3.8, 4) is 0 Å². The molecule has 0 aliphatic rings. The fourth-order valence-electron chi connectivity index (χ4n) is 0.199. The molecule has 50 valence electrons. The monoisotopic (exact) mass is 122 g/mol. The van der Waals surface area contributed by atoms with Gasteiger partial charge in [0.05, 0.1) is 6.61 Å². The Balaban J connectivity index is 2.86. The third-order valence-corrected chi connectivity index (χ3v) is 0.534. The third kappa shape index (κ3) is 4.01. The second kappa shape index (κ2) is 4.99. The largest absolute Gasteiger partial charge is 0.391 e. The summed E-state index contributed by atoms with van der Waals surface area (Å²) in [7, 11) is 1.43. The predicted molar refractivity (Wildman–Crippen MR) is 26.1 cm³/mol. The summed E-state index contributed by atoms with van der Waals surface area (Å²) in [5, 5.41) is 16.6. The Bertz CT molecular complexity index is 47.3. The smallest absolute Gasteiger partial charge is 0.180 e. The molecule has 0 fully saturated rings. The summed E-state index contributed by atoms with van der Waals surface area (Å²) in [6.07, 6.45) is -1.12. The maximum Gasteiger partial charge on any atom is 0.180 e. The van der Waals surface area contributed by atoms with Gasteiger partial charge in [-0.25, -0.2) is 0 Å². The van der Waals surface area contributed by atoms with E-state index in [-0.39, 0.29) is 6.79 Å². The minimum Gasteiger partial charge on any atom is -0.391 e. The minimum atomic E-state index is -1.12. The van der Waals surface area contributed by atoms with Crippen molar-refractivity contribution in [1.29, 1.82) is 0 Å². The maximum atomic E-state index is 8.44. The van der Waals surface area contributed by atoms with E-state index in [0.717, 1.165) is 0 Å². The van der Waals surface area contributed by atoms with Crippen LogP contribution in [0, 0.1) is 0 Å². The Morgan fingerprint density at radius 1 is 1.62 bits per heavy atom. The summed E-state index contributed by atoms with van der Waals surface area (Å²) < 4.78 is 8.84. The second-order valence-electron chi connectivity index (χ2n) is 1.21. The van der Waals surface area contributed by atoms with Gasteiger partial charge in [-0.2, -0.15) is 0 Å². The molecular weight excluding hydrogens is 112 g/mol. The number of aliphatic hydroxyl groups excluding tert-OH is 2. The number of hydrogen-bond donors (Lipinski definition) is 2. The van der Waals surface area contributed by atoms with Crippen LogP contribution in [-0.2, 0) is 9.47 Å². The second-order valence-corrected chi connectivity index (χ2v) is 1.21. The summed E-state index contributed by atoms with van der Waals surface area (Å²) >= 11 is 0. The molecule has 0 bridgehead atoms. The van der Waals surface area contributed by atoms with Gasteiger partial charge in [0.25, 0.3) is 0 Å². The van der Waals surface area contributed by atoms with E-state index in [1.54, 1.807) is 0 Å². The van der Waals surface area contributed by atoms with E-state index >= 15 is 0 Å². The van der Waals surface area contributed by atoms with Crippen LogP contribution in [0.3, 0.4) is 0 Å². The lowest BCUT2D eigenvalue weighted by atomic mass is 10.7. The van der Waals surface area contributed by atoms with Crippen molar-refractivity contribution in [1.82, 2.24) is 0 Å². The summed E-state index contributed by atoms with van der Waals surface area (Å²) in [6, 6.07) is 0. The van der Waals surface area contributed by atoms with Crippen LogP contribution in [0.1, 0.15) is 0 Å². The fraction of sp³-hybridized carbons (Fsp3) is 1.00. The van der Waals surface area contributed by atoms with Crippen LogP contribution >= 0.6 is 0 Å². The predicted octanol–water partition coefficient (Wildman–Crippen LogP) is -1.08. The first-order chi connectivity index (χ1) is 3.81. The van der Waals surface area contributed by atoms with Gasteiger partial charge in [-0.1, -0.05) is 0 Å². The topological polar surface area (TPSA) is 58.9 Å². The molecule has 0 saturated carbocycles. The summed E-state index contributed by atoms with van der Waals surface area (Å²) in [6.45, 7) is -0.398. The molecule has 0 spiro atoms. The Morgan fingerprint density at radius 3 is 2.62 bits per heavy atom. The molecule has 0 aliphatic carbocycles. The molecule has 4 nitrogen and oxygen atoms in total. The molecule has 0 aliphatic heterocycles. The van der Waals surface area contributed by atoms with Crippen LogP contribution < -0.4 is 0 Å². The van der Waals surface area contributed by atoms with Gasteiger partial charge in [0.15, 0.2) is 6.29 Å². The van der Waals surface area contributed by atoms with Crippen LogP contribution in [0.4, 0.5) is 0 Å². The standard InChI is InChI=1S/C4H10O4/c1-7-3-8-4(6)2-5/h4-6H,2-3H2,1H3/t4-/m0/s1. The van der Waals surface area contributed by atoms with Crippen molar-refractivity contribution in [2.75, 3.05) is 20.5 Å². The molecule has 0 aromatic carbocycles. The Morgan fingerprint density at radius 2 is 2.25 bits per heavy atom. The van der Waals surface area contributed by atoms with E-state index in [1.807, 2.05) is 0 Å². The van der Waals surface area contributed by atoms with Crippen molar-refractivity contribution >= 4 is 0 Å². The fourth-order valence-corrected chi connectivity index (χ4v) is 0.199. The van der Waals surface area contributed by atoms with E-state index in [4.69, 9.17) is 10.2 Å². The summed E-state index contributed by atoms with van der Waals surface area (Å²) in [4.78, 5) is 0. The molecule has 0 aromatic rings. The maximum absolute atomic E-state index is 8.44. The lowest BCUT2D eigenvalue weighted by molar-refractivity contribution is -0.176. The van der Waals surface area contributed by atoms with Gasteiger partial charge in [-0.3, -0.25) is 0 Å². The van der Waals surface area contributed by atoms with Gasteiger partial charge in [-0.05, 0) is 0 Å². The Labute approximate surface area is 47.6 Å². The number of hydrogen-bond acceptors (Lipinski definition) is 4. The minimum absolute atomic E-state index is 0.00171. The zero-order valence-corrected chi connectivity index (χ0v) is 4.70. The van der Waals surface area contributed by atoms with Gasteiger partial charge < -0.3 is 19.7 Å². The van der Waals surface area contributed by atoms with Crippen LogP contribution in [0.2, 0.25) is 0 Å². The number of methoxy groups -OCH3 is 1. The number of rotatable bonds is 4. The quantitative estimate of drug-likeness (QED) is 0.465. The zero-order chi connectivity index (χ0) is 6.41. The lowest BCUT2D eigenvalue weighted by Crippen LogP contribution is -2.17. The van der Waals surface area contributed by atoms with Gasteiger partial charge >= 0.3 is 0 Å². The molecular formula is C4H10O4. The molecule has 0 rings (SSSR count). The molecule has 0 unspecified atom stereocenters. The lowest BCUT2D eigenvalue weighted by Gasteiger charge is -2.05. The van der Waals surface area contributed by atoms with Crippen molar-refractivity contribution in [3.05, 3.63) is 0 Å². The molecule has 0 saturated heterocycles. The van der Waals surface area contributed by atoms with E-state index in [1.165, 1.54) is 7.11 Å². The zero-order valence-electron chi connectivity index (χ0n) is 4.70. The molecule has 0 aromatic heterocycles. The number of aliphatic hydroxyl groups is 2. The van der Waals surface area contributed by atoms with Gasteiger partial charge in [0, 0.05) is 7.11 Å². The first kappa shape index (κ1) is 7.84. The first-order valence-corrected chi connectivity index (χ1v) is 2.20. The van der Waals surface area contributed by atoms with E-state index < -0.39 is 12.9 Å². The molecule has 0 amide bonds. The van der Waals surface area contributed by atoms with Gasteiger partial charge in [-0.15, -0.1) is 0 Å². The number of ether oxygens (including phenoxy) is 2. The molecule has 0 radical (unpaired) electrons. The Kier molecular flexibility index (Phi) is 4.89. The van der Waals surface area contributed by atoms with Crippen LogP contribution in [-0.4, -0.2) is 37.0 Å².